The van der Waals surface area contributed by atoms with E-state index in [2.05, 4.69) is 5.32 Å². The van der Waals surface area contributed by atoms with Gasteiger partial charge in [0.25, 0.3) is 0 Å². The van der Waals surface area contributed by atoms with Crippen molar-refractivity contribution in [1.82, 2.24) is 5.32 Å². The predicted octanol–water partition coefficient (Wildman–Crippen LogP) is 1.60. The van der Waals surface area contributed by atoms with E-state index in [0.717, 1.165) is 0 Å². The number of nitrogens with one attached hydrogen (secondary N) is 1. The standard InChI is InChI=1S/C14H21ClN2O3S/c1-10(2)9-13(16)14(18)17-7-8-21(19,20)12-5-3-11(15)4-6-12/h3-6,10,13H,7-9,16H2,1-2H3,(H,17,18)/t13-/m0/s1. The van der Waals surface area contributed by atoms with Crippen LogP contribution in [0, 0.1) is 5.92 Å². The second kappa shape index (κ2) is 7.77. The largest absolute Gasteiger partial charge is 0.354 e. The normalized spacial score (nSPS) is 13.2. The molecule has 0 aliphatic heterocycles. The summed E-state index contributed by atoms with van der Waals surface area (Å²) in [7, 11) is -3.44. The summed E-state index contributed by atoms with van der Waals surface area (Å²) in [5.41, 5.74) is 5.72. The van der Waals surface area contributed by atoms with Crippen molar-refractivity contribution in [3.05, 3.63) is 29.3 Å². The molecule has 0 saturated heterocycles. The number of halogens is 1. The lowest BCUT2D eigenvalue weighted by Crippen LogP contribution is -2.42. The molecule has 0 heterocycles. The van der Waals surface area contributed by atoms with Crippen molar-refractivity contribution in [3.63, 3.8) is 0 Å². The molecule has 0 unspecified atom stereocenters. The summed E-state index contributed by atoms with van der Waals surface area (Å²) in [5.74, 6) is -0.187. The van der Waals surface area contributed by atoms with Gasteiger partial charge in [0.2, 0.25) is 5.91 Å². The van der Waals surface area contributed by atoms with Gasteiger partial charge in [-0.15, -0.1) is 0 Å². The van der Waals surface area contributed by atoms with Gasteiger partial charge in [-0.25, -0.2) is 8.42 Å². The maximum absolute atomic E-state index is 12.0. The van der Waals surface area contributed by atoms with Crippen molar-refractivity contribution < 1.29 is 13.2 Å². The summed E-state index contributed by atoms with van der Waals surface area (Å²) in [4.78, 5) is 11.9. The Morgan fingerprint density at radius 3 is 2.38 bits per heavy atom. The zero-order valence-electron chi connectivity index (χ0n) is 12.2. The van der Waals surface area contributed by atoms with E-state index >= 15 is 0 Å². The van der Waals surface area contributed by atoms with Gasteiger partial charge in [0.1, 0.15) is 0 Å². The van der Waals surface area contributed by atoms with Crippen LogP contribution in [0.2, 0.25) is 5.02 Å². The first-order chi connectivity index (χ1) is 9.72. The predicted molar refractivity (Wildman–Crippen MR) is 83.9 cm³/mol. The van der Waals surface area contributed by atoms with Gasteiger partial charge in [-0.2, -0.15) is 0 Å². The molecule has 1 aromatic rings. The molecule has 0 aliphatic rings. The van der Waals surface area contributed by atoms with Crippen LogP contribution in [0.3, 0.4) is 0 Å². The van der Waals surface area contributed by atoms with Gasteiger partial charge in [-0.1, -0.05) is 25.4 Å². The maximum atomic E-state index is 12.0. The number of benzene rings is 1. The molecule has 0 aliphatic carbocycles. The Labute approximate surface area is 130 Å². The summed E-state index contributed by atoms with van der Waals surface area (Å²) >= 11 is 5.72. The number of sulfone groups is 1. The van der Waals surface area contributed by atoms with Gasteiger partial charge in [-0.3, -0.25) is 4.79 Å². The third kappa shape index (κ3) is 6.03. The van der Waals surface area contributed by atoms with E-state index in [1.807, 2.05) is 13.8 Å². The zero-order valence-corrected chi connectivity index (χ0v) is 13.7. The molecule has 0 spiro atoms. The molecule has 0 radical (unpaired) electrons. The molecule has 21 heavy (non-hydrogen) atoms. The fraction of sp³-hybridized carbons (Fsp3) is 0.500. The first kappa shape index (κ1) is 17.9. The lowest BCUT2D eigenvalue weighted by Gasteiger charge is -2.14. The average Bonchev–Trinajstić information content (AvgIpc) is 2.38. The zero-order chi connectivity index (χ0) is 16.0. The topological polar surface area (TPSA) is 89.3 Å². The Bertz CT molecular complexity index is 570. The summed E-state index contributed by atoms with van der Waals surface area (Å²) in [6.45, 7) is 3.98. The van der Waals surface area contributed by atoms with E-state index in [4.69, 9.17) is 17.3 Å². The molecule has 5 nitrogen and oxygen atoms in total. The highest BCUT2D eigenvalue weighted by molar-refractivity contribution is 7.91. The first-order valence-corrected chi connectivity index (χ1v) is 8.77. The third-order valence-corrected chi connectivity index (χ3v) is 4.89. The lowest BCUT2D eigenvalue weighted by atomic mass is 10.0. The minimum Gasteiger partial charge on any atom is -0.354 e. The van der Waals surface area contributed by atoms with Crippen LogP contribution in [-0.4, -0.2) is 32.7 Å². The molecule has 1 aromatic carbocycles. The minimum absolute atomic E-state index is 0.0373. The number of carbonyl (C=O) groups excluding carboxylic acids is 1. The highest BCUT2D eigenvalue weighted by Gasteiger charge is 2.17. The summed E-state index contributed by atoms with van der Waals surface area (Å²) in [6.07, 6.45) is 0.565. The molecule has 1 amide bonds. The molecule has 7 heteroatoms. The summed E-state index contributed by atoms with van der Waals surface area (Å²) in [6, 6.07) is 5.33. The quantitative estimate of drug-likeness (QED) is 0.793. The molecular weight excluding hydrogens is 312 g/mol. The van der Waals surface area contributed by atoms with Crippen molar-refractivity contribution in [3.8, 4) is 0 Å². The molecule has 1 atom stereocenters. The number of hydrogen-bond acceptors (Lipinski definition) is 4. The van der Waals surface area contributed by atoms with Crippen molar-refractivity contribution >= 4 is 27.3 Å². The van der Waals surface area contributed by atoms with Crippen molar-refractivity contribution in [2.45, 2.75) is 31.2 Å². The second-order valence-corrected chi connectivity index (χ2v) is 7.85. The van der Waals surface area contributed by atoms with Gasteiger partial charge >= 0.3 is 0 Å². The minimum atomic E-state index is -3.44. The number of rotatable bonds is 7. The highest BCUT2D eigenvalue weighted by Crippen LogP contribution is 2.15. The number of carbonyl (C=O) groups is 1. The van der Waals surface area contributed by atoms with Gasteiger partial charge in [-0.05, 0) is 36.6 Å². The lowest BCUT2D eigenvalue weighted by molar-refractivity contribution is -0.122. The molecule has 1 rings (SSSR count). The van der Waals surface area contributed by atoms with E-state index < -0.39 is 15.9 Å². The van der Waals surface area contributed by atoms with E-state index in [1.165, 1.54) is 24.3 Å². The molecule has 118 valence electrons. The fourth-order valence-corrected chi connectivity index (χ4v) is 3.10. The fourth-order valence-electron chi connectivity index (χ4n) is 1.81. The molecular formula is C14H21ClN2O3S. The number of nitrogens with two attached hydrogens (primary N) is 1. The molecule has 0 fully saturated rings. The van der Waals surface area contributed by atoms with Crippen LogP contribution in [0.1, 0.15) is 20.3 Å². The summed E-state index contributed by atoms with van der Waals surface area (Å²) in [5, 5.41) is 3.03. The van der Waals surface area contributed by atoms with E-state index in [1.54, 1.807) is 0 Å². The molecule has 0 saturated carbocycles. The van der Waals surface area contributed by atoms with Gasteiger partial charge in [0.15, 0.2) is 9.84 Å². The van der Waals surface area contributed by atoms with Crippen LogP contribution in [-0.2, 0) is 14.6 Å². The number of amides is 1. The average molecular weight is 333 g/mol. The molecule has 3 N–H and O–H groups in total. The van der Waals surface area contributed by atoms with Crippen LogP contribution >= 0.6 is 11.6 Å². The Morgan fingerprint density at radius 2 is 1.86 bits per heavy atom. The van der Waals surface area contributed by atoms with E-state index in [-0.39, 0.29) is 23.1 Å². The first-order valence-electron chi connectivity index (χ1n) is 6.74. The van der Waals surface area contributed by atoms with Crippen LogP contribution in [0.4, 0.5) is 0 Å². The number of hydrogen-bond donors (Lipinski definition) is 2. The Kier molecular flexibility index (Phi) is 6.64. The van der Waals surface area contributed by atoms with Crippen LogP contribution in [0.25, 0.3) is 0 Å². The van der Waals surface area contributed by atoms with E-state index in [0.29, 0.717) is 17.4 Å². The van der Waals surface area contributed by atoms with Gasteiger partial charge < -0.3 is 11.1 Å². The molecule has 0 bridgehead atoms. The Hall–Kier alpha value is -1.11. The molecule has 0 aromatic heterocycles. The van der Waals surface area contributed by atoms with Crippen molar-refractivity contribution in [2.24, 2.45) is 11.7 Å². The SMILES string of the molecule is CC(C)C[C@H](N)C(=O)NCCS(=O)(=O)c1ccc(Cl)cc1. The van der Waals surface area contributed by atoms with Crippen molar-refractivity contribution in [1.29, 1.82) is 0 Å². The van der Waals surface area contributed by atoms with Crippen LogP contribution in [0.15, 0.2) is 29.2 Å². The van der Waals surface area contributed by atoms with Gasteiger partial charge in [0.05, 0.1) is 16.7 Å². The second-order valence-electron chi connectivity index (χ2n) is 5.30. The van der Waals surface area contributed by atoms with Crippen molar-refractivity contribution in [2.75, 3.05) is 12.3 Å². The van der Waals surface area contributed by atoms with Gasteiger partial charge in [0, 0.05) is 11.6 Å². The van der Waals surface area contributed by atoms with Crippen LogP contribution < -0.4 is 11.1 Å². The van der Waals surface area contributed by atoms with Crippen LogP contribution in [0.5, 0.6) is 0 Å². The Morgan fingerprint density at radius 1 is 1.29 bits per heavy atom. The third-order valence-electron chi connectivity index (χ3n) is 2.90. The highest BCUT2D eigenvalue weighted by atomic mass is 35.5. The smallest absolute Gasteiger partial charge is 0.236 e. The van der Waals surface area contributed by atoms with E-state index in [9.17, 15) is 13.2 Å². The monoisotopic (exact) mass is 332 g/mol. The maximum Gasteiger partial charge on any atom is 0.236 e. The Balaban J connectivity index is 2.51. The summed E-state index contributed by atoms with van der Waals surface area (Å²) < 4.78 is 24.1.